The zero-order valence-corrected chi connectivity index (χ0v) is 9.39. The first kappa shape index (κ1) is 10.4. The minimum absolute atomic E-state index is 0.183. The summed E-state index contributed by atoms with van der Waals surface area (Å²) in [5, 5.41) is 3.55. The summed E-state index contributed by atoms with van der Waals surface area (Å²) in [4.78, 5) is 0. The summed E-state index contributed by atoms with van der Waals surface area (Å²) in [6.45, 7) is 4.69. The average molecular weight is 196 g/mol. The van der Waals surface area contributed by atoms with Gasteiger partial charge in [0.15, 0.2) is 0 Å². The summed E-state index contributed by atoms with van der Waals surface area (Å²) in [6.07, 6.45) is 7.78. The molecule has 0 aromatic rings. The van der Waals surface area contributed by atoms with E-state index in [9.17, 15) is 0 Å². The molecule has 14 heavy (non-hydrogen) atoms. The lowest BCUT2D eigenvalue weighted by atomic mass is 9.95. The van der Waals surface area contributed by atoms with Gasteiger partial charge in [0.1, 0.15) is 0 Å². The van der Waals surface area contributed by atoms with Crippen molar-refractivity contribution >= 4 is 0 Å². The molecule has 2 atom stereocenters. The number of hydrogen-bond acceptors (Lipinski definition) is 2. The Labute approximate surface area is 87.6 Å². The van der Waals surface area contributed by atoms with Crippen LogP contribution in [0.5, 0.6) is 0 Å². The predicted molar refractivity (Wildman–Crippen MR) is 60.1 cm³/mol. The Morgan fingerprint density at radius 1 is 1.36 bits per heavy atom. The second-order valence-electron chi connectivity index (χ2n) is 5.50. The smallest absolute Gasteiger partial charge is 0.0166 e. The van der Waals surface area contributed by atoms with Gasteiger partial charge in [-0.25, -0.2) is 0 Å². The molecule has 2 nitrogen and oxygen atoms in total. The molecular weight excluding hydrogens is 172 g/mol. The summed E-state index contributed by atoms with van der Waals surface area (Å²) in [5.41, 5.74) is 6.46. The molecule has 2 fully saturated rings. The lowest BCUT2D eigenvalue weighted by molar-refractivity contribution is 0.391. The molecular formula is C12H24N2. The molecule has 0 aromatic heterocycles. The van der Waals surface area contributed by atoms with Crippen LogP contribution < -0.4 is 11.1 Å². The van der Waals surface area contributed by atoms with E-state index in [0.717, 1.165) is 18.4 Å². The van der Waals surface area contributed by atoms with E-state index in [1.54, 1.807) is 0 Å². The van der Waals surface area contributed by atoms with Crippen LogP contribution in [-0.4, -0.2) is 18.6 Å². The predicted octanol–water partition coefficient (Wildman–Crippen LogP) is 1.89. The lowest BCUT2D eigenvalue weighted by Gasteiger charge is -2.23. The van der Waals surface area contributed by atoms with Gasteiger partial charge in [0.05, 0.1) is 0 Å². The molecule has 0 amide bonds. The highest BCUT2D eigenvalue weighted by atomic mass is 14.9. The maximum absolute atomic E-state index is 6.28. The molecule has 2 unspecified atom stereocenters. The monoisotopic (exact) mass is 196 g/mol. The molecule has 0 saturated heterocycles. The van der Waals surface area contributed by atoms with Gasteiger partial charge in [-0.05, 0) is 50.6 Å². The van der Waals surface area contributed by atoms with Crippen LogP contribution >= 0.6 is 0 Å². The summed E-state index contributed by atoms with van der Waals surface area (Å²) in [6, 6.07) is 0. The van der Waals surface area contributed by atoms with Gasteiger partial charge >= 0.3 is 0 Å². The van der Waals surface area contributed by atoms with Crippen molar-refractivity contribution in [3.63, 3.8) is 0 Å². The van der Waals surface area contributed by atoms with Crippen LogP contribution in [0.4, 0.5) is 0 Å². The molecule has 2 aliphatic carbocycles. The van der Waals surface area contributed by atoms with Crippen molar-refractivity contribution in [1.82, 2.24) is 5.32 Å². The third-order valence-corrected chi connectivity index (χ3v) is 4.08. The Bertz CT molecular complexity index is 185. The molecule has 3 N–H and O–H groups in total. The first-order valence-electron chi connectivity index (χ1n) is 6.19. The normalized spacial score (nSPS) is 34.7. The minimum Gasteiger partial charge on any atom is -0.325 e. The van der Waals surface area contributed by atoms with Gasteiger partial charge in [-0.1, -0.05) is 19.8 Å². The number of hydrogen-bond donors (Lipinski definition) is 2. The Balaban J connectivity index is 1.53. The van der Waals surface area contributed by atoms with Crippen LogP contribution in [0.25, 0.3) is 0 Å². The van der Waals surface area contributed by atoms with Crippen LogP contribution in [0.15, 0.2) is 0 Å². The fraction of sp³-hybridized carbons (Fsp3) is 1.00. The van der Waals surface area contributed by atoms with Gasteiger partial charge in [0, 0.05) is 5.54 Å². The van der Waals surface area contributed by atoms with Gasteiger partial charge in [0.25, 0.3) is 0 Å². The molecule has 0 aromatic carbocycles. The van der Waals surface area contributed by atoms with Gasteiger partial charge < -0.3 is 11.1 Å². The van der Waals surface area contributed by atoms with E-state index in [4.69, 9.17) is 5.73 Å². The Kier molecular flexibility index (Phi) is 3.13. The number of nitrogens with two attached hydrogens (primary N) is 1. The van der Waals surface area contributed by atoms with E-state index in [1.807, 2.05) is 0 Å². The molecule has 2 heteroatoms. The molecule has 82 valence electrons. The Morgan fingerprint density at radius 3 is 2.57 bits per heavy atom. The van der Waals surface area contributed by atoms with Crippen LogP contribution in [0.2, 0.25) is 0 Å². The Hall–Kier alpha value is -0.0800. The standard InChI is InChI=1S/C12H24N2/c1-10-8-11(10)9-14-7-6-12(13)4-2-3-5-12/h10-11,14H,2-9,13H2,1H3. The SMILES string of the molecule is CC1CC1CNCCC1(N)CCCC1. The second-order valence-corrected chi connectivity index (χ2v) is 5.50. The quantitative estimate of drug-likeness (QED) is 0.659. The lowest BCUT2D eigenvalue weighted by Crippen LogP contribution is -2.39. The van der Waals surface area contributed by atoms with E-state index in [2.05, 4.69) is 12.2 Å². The van der Waals surface area contributed by atoms with Crippen molar-refractivity contribution in [2.24, 2.45) is 17.6 Å². The van der Waals surface area contributed by atoms with Crippen LogP contribution in [0.1, 0.15) is 45.4 Å². The highest BCUT2D eigenvalue weighted by molar-refractivity contribution is 4.90. The summed E-state index contributed by atoms with van der Waals surface area (Å²) >= 11 is 0. The molecule has 0 spiro atoms. The van der Waals surface area contributed by atoms with Crippen molar-refractivity contribution in [1.29, 1.82) is 0 Å². The topological polar surface area (TPSA) is 38.0 Å². The zero-order chi connectivity index (χ0) is 10.0. The maximum Gasteiger partial charge on any atom is 0.0166 e. The van der Waals surface area contributed by atoms with Crippen LogP contribution in [0.3, 0.4) is 0 Å². The van der Waals surface area contributed by atoms with Crippen molar-refractivity contribution < 1.29 is 0 Å². The van der Waals surface area contributed by atoms with Crippen molar-refractivity contribution in [2.75, 3.05) is 13.1 Å². The van der Waals surface area contributed by atoms with E-state index in [0.29, 0.717) is 0 Å². The first-order valence-corrected chi connectivity index (χ1v) is 6.19. The first-order chi connectivity index (χ1) is 6.70. The fourth-order valence-electron chi connectivity index (χ4n) is 2.64. The molecule has 0 aliphatic heterocycles. The highest BCUT2D eigenvalue weighted by Crippen LogP contribution is 2.36. The molecule has 0 heterocycles. The molecule has 2 aliphatic rings. The van der Waals surface area contributed by atoms with Gasteiger partial charge in [-0.3, -0.25) is 0 Å². The third kappa shape index (κ3) is 2.71. The molecule has 0 bridgehead atoms. The molecule has 2 rings (SSSR count). The zero-order valence-electron chi connectivity index (χ0n) is 9.39. The van der Waals surface area contributed by atoms with E-state index >= 15 is 0 Å². The van der Waals surface area contributed by atoms with Crippen molar-refractivity contribution in [2.45, 2.75) is 51.0 Å². The third-order valence-electron chi connectivity index (χ3n) is 4.08. The molecule has 2 saturated carbocycles. The van der Waals surface area contributed by atoms with E-state index < -0.39 is 0 Å². The highest BCUT2D eigenvalue weighted by Gasteiger charge is 2.32. The number of rotatable bonds is 5. The van der Waals surface area contributed by atoms with Crippen molar-refractivity contribution in [3.05, 3.63) is 0 Å². The van der Waals surface area contributed by atoms with Gasteiger partial charge in [0.2, 0.25) is 0 Å². The van der Waals surface area contributed by atoms with Crippen LogP contribution in [-0.2, 0) is 0 Å². The maximum atomic E-state index is 6.28. The largest absolute Gasteiger partial charge is 0.325 e. The average Bonchev–Trinajstić information content (AvgIpc) is 2.66. The summed E-state index contributed by atoms with van der Waals surface area (Å²) < 4.78 is 0. The summed E-state index contributed by atoms with van der Waals surface area (Å²) in [5.74, 6) is 1.94. The number of nitrogens with one attached hydrogen (secondary N) is 1. The van der Waals surface area contributed by atoms with Gasteiger partial charge in [-0.15, -0.1) is 0 Å². The molecule has 0 radical (unpaired) electrons. The second kappa shape index (κ2) is 4.19. The summed E-state index contributed by atoms with van der Waals surface area (Å²) in [7, 11) is 0. The van der Waals surface area contributed by atoms with Crippen LogP contribution in [0, 0.1) is 11.8 Å². The minimum atomic E-state index is 0.183. The van der Waals surface area contributed by atoms with E-state index in [1.165, 1.54) is 45.1 Å². The Morgan fingerprint density at radius 2 is 2.00 bits per heavy atom. The fourth-order valence-corrected chi connectivity index (χ4v) is 2.64. The van der Waals surface area contributed by atoms with E-state index in [-0.39, 0.29) is 5.54 Å². The van der Waals surface area contributed by atoms with Crippen molar-refractivity contribution in [3.8, 4) is 0 Å². The van der Waals surface area contributed by atoms with Gasteiger partial charge in [-0.2, -0.15) is 0 Å².